The van der Waals surface area contributed by atoms with Gasteiger partial charge >= 0.3 is 0 Å². The van der Waals surface area contributed by atoms with Crippen LogP contribution in [-0.4, -0.2) is 13.7 Å². The van der Waals surface area contributed by atoms with E-state index in [0.29, 0.717) is 13.0 Å². The molecule has 3 nitrogen and oxygen atoms in total. The molecule has 0 spiro atoms. The SMILES string of the molecule is CNCc1cc(Br)ccc1OCCCCC#N. The third kappa shape index (κ3) is 5.20. The largest absolute Gasteiger partial charge is 0.493 e. The van der Waals surface area contributed by atoms with E-state index in [-0.39, 0.29) is 0 Å². The van der Waals surface area contributed by atoms with Gasteiger partial charge in [-0.2, -0.15) is 5.26 Å². The quantitative estimate of drug-likeness (QED) is 0.786. The second kappa shape index (κ2) is 8.10. The lowest BCUT2D eigenvalue weighted by atomic mass is 10.2. The molecule has 0 atom stereocenters. The van der Waals surface area contributed by atoms with Crippen molar-refractivity contribution >= 4 is 15.9 Å². The zero-order valence-electron chi connectivity index (χ0n) is 10.0. The van der Waals surface area contributed by atoms with E-state index < -0.39 is 0 Å². The summed E-state index contributed by atoms with van der Waals surface area (Å²) in [5.74, 6) is 0.916. The van der Waals surface area contributed by atoms with Crippen molar-refractivity contribution in [2.75, 3.05) is 13.7 Å². The summed E-state index contributed by atoms with van der Waals surface area (Å²) >= 11 is 3.45. The fraction of sp³-hybridized carbons (Fsp3) is 0.462. The van der Waals surface area contributed by atoms with Crippen LogP contribution in [-0.2, 0) is 6.54 Å². The average molecular weight is 297 g/mol. The van der Waals surface area contributed by atoms with Crippen molar-refractivity contribution in [3.63, 3.8) is 0 Å². The molecule has 0 unspecified atom stereocenters. The van der Waals surface area contributed by atoms with Crippen molar-refractivity contribution in [2.24, 2.45) is 0 Å². The van der Waals surface area contributed by atoms with Crippen LogP contribution in [0.1, 0.15) is 24.8 Å². The molecule has 0 radical (unpaired) electrons. The van der Waals surface area contributed by atoms with Gasteiger partial charge in [-0.1, -0.05) is 15.9 Å². The van der Waals surface area contributed by atoms with Gasteiger partial charge in [0.1, 0.15) is 5.75 Å². The van der Waals surface area contributed by atoms with Gasteiger partial charge in [0.05, 0.1) is 12.7 Å². The van der Waals surface area contributed by atoms with Crippen LogP contribution in [0.4, 0.5) is 0 Å². The highest BCUT2D eigenvalue weighted by atomic mass is 79.9. The lowest BCUT2D eigenvalue weighted by Gasteiger charge is -2.11. The van der Waals surface area contributed by atoms with Gasteiger partial charge in [0.25, 0.3) is 0 Å². The number of benzene rings is 1. The van der Waals surface area contributed by atoms with E-state index in [1.807, 2.05) is 19.2 Å². The third-order valence-electron chi connectivity index (χ3n) is 2.33. The molecule has 17 heavy (non-hydrogen) atoms. The maximum atomic E-state index is 8.42. The predicted molar refractivity (Wildman–Crippen MR) is 71.9 cm³/mol. The molecule has 0 heterocycles. The first-order chi connectivity index (χ1) is 8.27. The summed E-state index contributed by atoms with van der Waals surface area (Å²) in [6, 6.07) is 8.14. The number of nitriles is 1. The Bertz CT molecular complexity index is 387. The van der Waals surface area contributed by atoms with Crippen LogP contribution >= 0.6 is 15.9 Å². The zero-order chi connectivity index (χ0) is 12.5. The molecule has 0 aliphatic carbocycles. The normalized spacial score (nSPS) is 9.94. The van der Waals surface area contributed by atoms with Crippen LogP contribution in [0.2, 0.25) is 0 Å². The van der Waals surface area contributed by atoms with Gasteiger partial charge in [0, 0.05) is 23.0 Å². The van der Waals surface area contributed by atoms with Crippen molar-refractivity contribution in [3.05, 3.63) is 28.2 Å². The molecule has 1 aromatic carbocycles. The van der Waals surface area contributed by atoms with Crippen molar-refractivity contribution in [1.29, 1.82) is 5.26 Å². The molecule has 0 bridgehead atoms. The number of nitrogens with zero attached hydrogens (tertiary/aromatic N) is 1. The second-order valence-corrected chi connectivity index (χ2v) is 4.66. The minimum absolute atomic E-state index is 0.604. The summed E-state index contributed by atoms with van der Waals surface area (Å²) in [7, 11) is 1.91. The lowest BCUT2D eigenvalue weighted by Crippen LogP contribution is -2.08. The minimum Gasteiger partial charge on any atom is -0.493 e. The second-order valence-electron chi connectivity index (χ2n) is 3.75. The first kappa shape index (κ1) is 14.0. The standard InChI is InChI=1S/C13H17BrN2O/c1-16-10-11-9-12(14)5-6-13(11)17-8-4-2-3-7-15/h5-6,9,16H,2-4,8,10H2,1H3. The maximum absolute atomic E-state index is 8.42. The Morgan fingerprint density at radius 3 is 2.94 bits per heavy atom. The third-order valence-corrected chi connectivity index (χ3v) is 2.82. The Morgan fingerprint density at radius 2 is 2.24 bits per heavy atom. The Balaban J connectivity index is 2.49. The van der Waals surface area contributed by atoms with Gasteiger partial charge < -0.3 is 10.1 Å². The number of rotatable bonds is 7. The van der Waals surface area contributed by atoms with Crippen LogP contribution in [0.15, 0.2) is 22.7 Å². The van der Waals surface area contributed by atoms with Crippen LogP contribution < -0.4 is 10.1 Å². The predicted octanol–water partition coefficient (Wildman–Crippen LogP) is 3.24. The van der Waals surface area contributed by atoms with E-state index in [1.54, 1.807) is 0 Å². The van der Waals surface area contributed by atoms with Gasteiger partial charge in [0.15, 0.2) is 0 Å². The molecule has 92 valence electrons. The van der Waals surface area contributed by atoms with Crippen molar-refractivity contribution in [3.8, 4) is 11.8 Å². The minimum atomic E-state index is 0.604. The molecule has 0 fully saturated rings. The van der Waals surface area contributed by atoms with Crippen LogP contribution in [0.3, 0.4) is 0 Å². The highest BCUT2D eigenvalue weighted by Gasteiger charge is 2.03. The number of hydrogen-bond donors (Lipinski definition) is 1. The molecule has 1 rings (SSSR count). The molecule has 0 saturated heterocycles. The number of ether oxygens (including phenoxy) is 1. The number of hydrogen-bond acceptors (Lipinski definition) is 3. The molecule has 0 aliphatic rings. The van der Waals surface area contributed by atoms with Crippen LogP contribution in [0, 0.1) is 11.3 Å². The number of halogens is 1. The first-order valence-electron chi connectivity index (χ1n) is 5.70. The van der Waals surface area contributed by atoms with Gasteiger partial charge in [-0.25, -0.2) is 0 Å². The van der Waals surface area contributed by atoms with Crippen molar-refractivity contribution in [1.82, 2.24) is 5.32 Å². The monoisotopic (exact) mass is 296 g/mol. The molecule has 4 heteroatoms. The Morgan fingerprint density at radius 1 is 1.41 bits per heavy atom. The molecule has 0 amide bonds. The van der Waals surface area contributed by atoms with Crippen molar-refractivity contribution in [2.45, 2.75) is 25.8 Å². The lowest BCUT2D eigenvalue weighted by molar-refractivity contribution is 0.304. The Labute approximate surface area is 111 Å². The van der Waals surface area contributed by atoms with E-state index in [1.165, 1.54) is 0 Å². The van der Waals surface area contributed by atoms with Crippen LogP contribution in [0.5, 0.6) is 5.75 Å². The fourth-order valence-electron chi connectivity index (χ4n) is 1.51. The topological polar surface area (TPSA) is 45.0 Å². The summed E-state index contributed by atoms with van der Waals surface area (Å²) in [5.41, 5.74) is 1.14. The molecular formula is C13H17BrN2O. The van der Waals surface area contributed by atoms with E-state index in [0.717, 1.165) is 35.2 Å². The maximum Gasteiger partial charge on any atom is 0.123 e. The smallest absolute Gasteiger partial charge is 0.123 e. The molecule has 0 aromatic heterocycles. The van der Waals surface area contributed by atoms with E-state index >= 15 is 0 Å². The molecule has 1 N–H and O–H groups in total. The van der Waals surface area contributed by atoms with Gasteiger partial charge in [-0.05, 0) is 38.1 Å². The highest BCUT2D eigenvalue weighted by molar-refractivity contribution is 9.10. The summed E-state index contributed by atoms with van der Waals surface area (Å²) in [6.45, 7) is 1.45. The number of unbranched alkanes of at least 4 members (excludes halogenated alkanes) is 2. The van der Waals surface area contributed by atoms with Crippen molar-refractivity contribution < 1.29 is 4.74 Å². The van der Waals surface area contributed by atoms with E-state index in [9.17, 15) is 0 Å². The zero-order valence-corrected chi connectivity index (χ0v) is 11.6. The fourth-order valence-corrected chi connectivity index (χ4v) is 1.91. The summed E-state index contributed by atoms with van der Waals surface area (Å²) in [6.07, 6.45) is 2.42. The molecule has 0 saturated carbocycles. The first-order valence-corrected chi connectivity index (χ1v) is 6.50. The summed E-state index contributed by atoms with van der Waals surface area (Å²) in [4.78, 5) is 0. The summed E-state index contributed by atoms with van der Waals surface area (Å²) < 4.78 is 6.78. The Hall–Kier alpha value is -1.05. The van der Waals surface area contributed by atoms with E-state index in [4.69, 9.17) is 10.00 Å². The van der Waals surface area contributed by atoms with Gasteiger partial charge in [0.2, 0.25) is 0 Å². The summed E-state index contributed by atoms with van der Waals surface area (Å²) in [5, 5.41) is 11.5. The van der Waals surface area contributed by atoms with Crippen LogP contribution in [0.25, 0.3) is 0 Å². The molecule has 0 aliphatic heterocycles. The van der Waals surface area contributed by atoms with E-state index in [2.05, 4.69) is 33.4 Å². The Kier molecular flexibility index (Phi) is 6.68. The van der Waals surface area contributed by atoms with Gasteiger partial charge in [-0.3, -0.25) is 0 Å². The number of nitrogens with one attached hydrogen (secondary N) is 1. The average Bonchev–Trinajstić information content (AvgIpc) is 2.32. The highest BCUT2D eigenvalue weighted by Crippen LogP contribution is 2.23. The van der Waals surface area contributed by atoms with Gasteiger partial charge in [-0.15, -0.1) is 0 Å². The molecular weight excluding hydrogens is 280 g/mol. The molecule has 1 aromatic rings.